The van der Waals surface area contributed by atoms with Gasteiger partial charge in [-0.25, -0.2) is 15.0 Å². The van der Waals surface area contributed by atoms with Crippen LogP contribution in [-0.2, 0) is 0 Å². The average molecular weight is 420 g/mol. The van der Waals surface area contributed by atoms with E-state index in [0.717, 1.165) is 15.8 Å². The second-order valence-corrected chi connectivity index (χ2v) is 7.31. The molecule has 4 aromatic rings. The molecule has 2 aromatic carbocycles. The molecule has 0 unspecified atom stereocenters. The van der Waals surface area contributed by atoms with Gasteiger partial charge in [0, 0.05) is 22.0 Å². The molecule has 134 valence electrons. The molecule has 0 fully saturated rings. The first-order chi connectivity index (χ1) is 13.1. The molecule has 4 rings (SSSR count). The molecule has 0 aliphatic heterocycles. The lowest BCUT2D eigenvalue weighted by Crippen LogP contribution is -2.04. The fourth-order valence-corrected chi connectivity index (χ4v) is 2.96. The zero-order valence-corrected chi connectivity index (χ0v) is 16.6. The Morgan fingerprint density at radius 3 is 1.81 bits per heavy atom. The van der Waals surface area contributed by atoms with Crippen LogP contribution in [0.2, 0.25) is 0 Å². The van der Waals surface area contributed by atoms with Crippen molar-refractivity contribution >= 4 is 50.1 Å². The van der Waals surface area contributed by atoms with Crippen molar-refractivity contribution in [3.05, 3.63) is 76.4 Å². The number of benzene rings is 2. The van der Waals surface area contributed by atoms with E-state index in [1.54, 1.807) is 6.20 Å². The number of nitrogens with one attached hydrogen (secondary N) is 2. The highest BCUT2D eigenvalue weighted by molar-refractivity contribution is 9.10. The third-order valence-corrected chi connectivity index (χ3v) is 4.55. The number of halogens is 1. The van der Waals surface area contributed by atoms with Crippen molar-refractivity contribution in [3.8, 4) is 0 Å². The van der Waals surface area contributed by atoms with E-state index in [2.05, 4.69) is 74.6 Å². The van der Waals surface area contributed by atoms with Crippen molar-refractivity contribution in [2.24, 2.45) is 0 Å². The predicted molar refractivity (Wildman–Crippen MR) is 114 cm³/mol. The average Bonchev–Trinajstić information content (AvgIpc) is 2.66. The van der Waals surface area contributed by atoms with Crippen LogP contribution in [0.4, 0.5) is 23.0 Å². The molecule has 2 aromatic heterocycles. The quantitative estimate of drug-likeness (QED) is 0.431. The zero-order valence-electron chi connectivity index (χ0n) is 15.0. The van der Waals surface area contributed by atoms with Crippen LogP contribution in [0.25, 0.3) is 11.2 Å². The van der Waals surface area contributed by atoms with Crippen LogP contribution in [0.5, 0.6) is 0 Å². The SMILES string of the molecule is Cc1ccc(Nc2nc3cc(Br)cnc3nc2Nc2ccc(C)cc2)cc1. The molecule has 6 heteroatoms. The molecule has 0 aliphatic rings. The molecule has 0 bridgehead atoms. The van der Waals surface area contributed by atoms with Crippen LogP contribution in [-0.4, -0.2) is 15.0 Å². The van der Waals surface area contributed by atoms with Gasteiger partial charge in [-0.2, -0.15) is 0 Å². The highest BCUT2D eigenvalue weighted by Crippen LogP contribution is 2.28. The summed E-state index contributed by atoms with van der Waals surface area (Å²) in [5.41, 5.74) is 5.60. The van der Waals surface area contributed by atoms with E-state index in [9.17, 15) is 0 Å². The number of aryl methyl sites for hydroxylation is 2. The van der Waals surface area contributed by atoms with Gasteiger partial charge in [0.15, 0.2) is 17.3 Å². The van der Waals surface area contributed by atoms with Crippen molar-refractivity contribution in [3.63, 3.8) is 0 Å². The minimum absolute atomic E-state index is 0.585. The Morgan fingerprint density at radius 2 is 1.26 bits per heavy atom. The number of pyridine rings is 1. The van der Waals surface area contributed by atoms with Crippen LogP contribution < -0.4 is 10.6 Å². The molecule has 0 saturated heterocycles. The van der Waals surface area contributed by atoms with E-state index in [4.69, 9.17) is 4.98 Å². The number of anilines is 4. The van der Waals surface area contributed by atoms with E-state index in [1.807, 2.05) is 30.3 Å². The molecule has 0 radical (unpaired) electrons. The Balaban J connectivity index is 1.77. The second-order valence-electron chi connectivity index (χ2n) is 6.40. The third-order valence-electron chi connectivity index (χ3n) is 4.12. The molecule has 0 aliphatic carbocycles. The summed E-state index contributed by atoms with van der Waals surface area (Å²) in [6, 6.07) is 18.2. The Kier molecular flexibility index (Phi) is 4.73. The van der Waals surface area contributed by atoms with Gasteiger partial charge in [-0.3, -0.25) is 0 Å². The lowest BCUT2D eigenvalue weighted by Gasteiger charge is -2.13. The standard InChI is InChI=1S/C21H18BrN5/c1-13-3-7-16(8-4-13)24-20-21(25-17-9-5-14(2)6-10-17)27-19-18(26-20)11-15(22)12-23-19/h3-12H,1-2H3,(H,24,26)(H,23,25,27). The van der Waals surface area contributed by atoms with E-state index in [-0.39, 0.29) is 0 Å². The highest BCUT2D eigenvalue weighted by atomic mass is 79.9. The van der Waals surface area contributed by atoms with Gasteiger partial charge in [-0.15, -0.1) is 0 Å². The molecule has 0 saturated carbocycles. The summed E-state index contributed by atoms with van der Waals surface area (Å²) >= 11 is 3.44. The van der Waals surface area contributed by atoms with Crippen molar-refractivity contribution in [2.45, 2.75) is 13.8 Å². The number of aromatic nitrogens is 3. The van der Waals surface area contributed by atoms with E-state index >= 15 is 0 Å². The Labute approximate surface area is 166 Å². The Hall–Kier alpha value is -2.99. The van der Waals surface area contributed by atoms with E-state index < -0.39 is 0 Å². The fraction of sp³-hybridized carbons (Fsp3) is 0.0952. The van der Waals surface area contributed by atoms with E-state index in [0.29, 0.717) is 22.8 Å². The van der Waals surface area contributed by atoms with Gasteiger partial charge in [-0.1, -0.05) is 35.4 Å². The smallest absolute Gasteiger partial charge is 0.180 e. The van der Waals surface area contributed by atoms with Crippen LogP contribution in [0.1, 0.15) is 11.1 Å². The topological polar surface area (TPSA) is 62.7 Å². The fourth-order valence-electron chi connectivity index (χ4n) is 2.64. The van der Waals surface area contributed by atoms with Crippen LogP contribution >= 0.6 is 15.9 Å². The molecule has 2 heterocycles. The minimum atomic E-state index is 0.585. The number of nitrogens with zero attached hydrogens (tertiary/aromatic N) is 3. The van der Waals surface area contributed by atoms with Crippen molar-refractivity contribution in [1.29, 1.82) is 0 Å². The van der Waals surface area contributed by atoms with Crippen molar-refractivity contribution < 1.29 is 0 Å². The van der Waals surface area contributed by atoms with Crippen molar-refractivity contribution in [1.82, 2.24) is 15.0 Å². The molecule has 0 amide bonds. The first-order valence-electron chi connectivity index (χ1n) is 8.57. The molecule has 5 nitrogen and oxygen atoms in total. The lowest BCUT2D eigenvalue weighted by atomic mass is 10.2. The molecule has 2 N–H and O–H groups in total. The number of rotatable bonds is 4. The van der Waals surface area contributed by atoms with Gasteiger partial charge in [0.25, 0.3) is 0 Å². The maximum atomic E-state index is 4.74. The van der Waals surface area contributed by atoms with Gasteiger partial charge in [0.1, 0.15) is 5.52 Å². The van der Waals surface area contributed by atoms with Gasteiger partial charge >= 0.3 is 0 Å². The van der Waals surface area contributed by atoms with Gasteiger partial charge in [-0.05, 0) is 60.1 Å². The maximum Gasteiger partial charge on any atom is 0.180 e. The highest BCUT2D eigenvalue weighted by Gasteiger charge is 2.11. The Bertz CT molecular complexity index is 1090. The first-order valence-corrected chi connectivity index (χ1v) is 9.37. The zero-order chi connectivity index (χ0) is 18.8. The molecule has 27 heavy (non-hydrogen) atoms. The molecule has 0 atom stereocenters. The van der Waals surface area contributed by atoms with Crippen molar-refractivity contribution in [2.75, 3.05) is 10.6 Å². The summed E-state index contributed by atoms with van der Waals surface area (Å²) in [4.78, 5) is 13.8. The Morgan fingerprint density at radius 1 is 0.741 bits per heavy atom. The van der Waals surface area contributed by atoms with Crippen LogP contribution in [0.3, 0.4) is 0 Å². The molecular weight excluding hydrogens is 402 g/mol. The summed E-state index contributed by atoms with van der Waals surface area (Å²) in [5, 5.41) is 6.71. The largest absolute Gasteiger partial charge is 0.337 e. The molecular formula is C21H18BrN5. The summed E-state index contributed by atoms with van der Waals surface area (Å²) in [7, 11) is 0. The number of hydrogen-bond donors (Lipinski definition) is 2. The summed E-state index contributed by atoms with van der Waals surface area (Å²) in [6.45, 7) is 4.12. The minimum Gasteiger partial charge on any atom is -0.337 e. The normalized spacial score (nSPS) is 10.8. The number of hydrogen-bond acceptors (Lipinski definition) is 5. The van der Waals surface area contributed by atoms with Gasteiger partial charge < -0.3 is 10.6 Å². The predicted octanol–water partition coefficient (Wildman–Crippen LogP) is 5.89. The summed E-state index contributed by atoms with van der Waals surface area (Å²) in [6.07, 6.45) is 1.72. The monoisotopic (exact) mass is 419 g/mol. The summed E-state index contributed by atoms with van der Waals surface area (Å²) in [5.74, 6) is 1.27. The lowest BCUT2D eigenvalue weighted by molar-refractivity contribution is 1.21. The first kappa shape index (κ1) is 17.4. The van der Waals surface area contributed by atoms with E-state index in [1.165, 1.54) is 11.1 Å². The summed E-state index contributed by atoms with van der Waals surface area (Å²) < 4.78 is 0.866. The maximum absolute atomic E-state index is 4.74. The van der Waals surface area contributed by atoms with Crippen LogP contribution in [0.15, 0.2) is 65.3 Å². The van der Waals surface area contributed by atoms with Crippen LogP contribution in [0, 0.1) is 13.8 Å². The van der Waals surface area contributed by atoms with Gasteiger partial charge in [0.2, 0.25) is 0 Å². The van der Waals surface area contributed by atoms with Gasteiger partial charge in [0.05, 0.1) is 0 Å². The number of fused-ring (bicyclic) bond motifs is 1. The third kappa shape index (κ3) is 4.06. The second kappa shape index (κ2) is 7.32. The molecule has 0 spiro atoms.